The van der Waals surface area contributed by atoms with Gasteiger partial charge in [0.05, 0.1) is 11.4 Å². The molecule has 0 aliphatic carbocycles. The number of fused-ring (bicyclic) bond motifs is 6. The molecule has 0 bridgehead atoms. The minimum Gasteiger partial charge on any atom is -0.311 e. The first-order chi connectivity index (χ1) is 41.7. The standard InChI is InChI=1S/C84H77BN2/c1-81(2,3)58-46-55(47-59(52-58)82(4,5)6)63-33-22-26-42-72(63)86-74-44-28-24-40-70(74)85-71-41-25-29-45-75(71)87(73-43-27-23-34-64(73)56-48-60(83(7,8)9)53-61(49-56)84(10,11)12)77-51-57(50-76(86)80(77)85)78-66-36-18-20-38-68(66)79(69-39-21-19-37-67(69)78)65-35-17-16-32-62(65)54-30-14-13-15-31-54/h13-53H,1-12H3. The molecule has 0 fully saturated rings. The van der Waals surface area contributed by atoms with E-state index in [0.717, 1.165) is 16.9 Å². The quantitative estimate of drug-likeness (QED) is 0.116. The van der Waals surface area contributed by atoms with Gasteiger partial charge in [0, 0.05) is 33.9 Å². The van der Waals surface area contributed by atoms with Crippen LogP contribution in [0.25, 0.3) is 77.2 Å². The molecule has 0 atom stereocenters. The molecule has 12 aromatic carbocycles. The molecule has 0 amide bonds. The van der Waals surface area contributed by atoms with Crippen LogP contribution in [-0.2, 0) is 21.7 Å². The summed E-state index contributed by atoms with van der Waals surface area (Å²) in [6.07, 6.45) is 0. The number of hydrogen-bond acceptors (Lipinski definition) is 2. The Balaban J connectivity index is 1.12. The number of para-hydroxylation sites is 4. The van der Waals surface area contributed by atoms with E-state index in [4.69, 9.17) is 0 Å². The Bertz CT molecular complexity index is 4380. The predicted molar refractivity (Wildman–Crippen MR) is 377 cm³/mol. The lowest BCUT2D eigenvalue weighted by molar-refractivity contribution is 0.568. The summed E-state index contributed by atoms with van der Waals surface area (Å²) < 4.78 is 0. The van der Waals surface area contributed by atoms with Crippen LogP contribution in [-0.4, -0.2) is 6.71 Å². The van der Waals surface area contributed by atoms with Crippen molar-refractivity contribution < 1.29 is 0 Å². The average Bonchev–Trinajstić information content (AvgIpc) is 0.720. The molecule has 426 valence electrons. The van der Waals surface area contributed by atoms with Crippen LogP contribution in [0.1, 0.15) is 105 Å². The van der Waals surface area contributed by atoms with Crippen LogP contribution >= 0.6 is 0 Å². The molecule has 0 spiro atoms. The lowest BCUT2D eigenvalue weighted by Gasteiger charge is -2.45. The van der Waals surface area contributed by atoms with Crippen molar-refractivity contribution in [1.82, 2.24) is 0 Å². The van der Waals surface area contributed by atoms with Crippen LogP contribution < -0.4 is 26.2 Å². The highest BCUT2D eigenvalue weighted by Gasteiger charge is 2.44. The maximum Gasteiger partial charge on any atom is 0.252 e. The fourth-order valence-corrected chi connectivity index (χ4v) is 14.0. The summed E-state index contributed by atoms with van der Waals surface area (Å²) in [5.41, 5.74) is 28.1. The van der Waals surface area contributed by atoms with Crippen LogP contribution in [0.2, 0.25) is 0 Å². The van der Waals surface area contributed by atoms with Crippen LogP contribution in [0.5, 0.6) is 0 Å². The van der Waals surface area contributed by atoms with Gasteiger partial charge in [-0.2, -0.15) is 0 Å². The summed E-state index contributed by atoms with van der Waals surface area (Å²) in [6, 6.07) is 95.0. The lowest BCUT2D eigenvalue weighted by atomic mass is 9.33. The zero-order chi connectivity index (χ0) is 60.3. The monoisotopic (exact) mass is 1120 g/mol. The molecule has 12 aromatic rings. The molecule has 0 N–H and O–H groups in total. The molecular formula is C84H77BN2. The zero-order valence-electron chi connectivity index (χ0n) is 52.6. The van der Waals surface area contributed by atoms with Crippen molar-refractivity contribution in [2.24, 2.45) is 0 Å². The van der Waals surface area contributed by atoms with E-state index in [2.05, 4.69) is 342 Å². The fourth-order valence-electron chi connectivity index (χ4n) is 14.0. The summed E-state index contributed by atoms with van der Waals surface area (Å²) in [6.45, 7) is 28.1. The predicted octanol–water partition coefficient (Wildman–Crippen LogP) is 21.6. The first kappa shape index (κ1) is 55.7. The second-order valence-corrected chi connectivity index (χ2v) is 28.5. The smallest absolute Gasteiger partial charge is 0.252 e. The third-order valence-corrected chi connectivity index (χ3v) is 18.6. The zero-order valence-corrected chi connectivity index (χ0v) is 52.6. The molecule has 0 saturated carbocycles. The van der Waals surface area contributed by atoms with E-state index in [-0.39, 0.29) is 28.4 Å². The Kier molecular flexibility index (Phi) is 13.3. The summed E-state index contributed by atoms with van der Waals surface area (Å²) in [4.78, 5) is 5.28. The Morgan fingerprint density at radius 3 is 0.966 bits per heavy atom. The van der Waals surface area contributed by atoms with Crippen molar-refractivity contribution in [3.05, 3.63) is 271 Å². The Hall–Kier alpha value is -9.18. The number of hydrogen-bond donors (Lipinski definition) is 0. The maximum atomic E-state index is 2.64. The van der Waals surface area contributed by atoms with Gasteiger partial charge in [0.25, 0.3) is 6.71 Å². The van der Waals surface area contributed by atoms with E-state index in [1.54, 1.807) is 0 Å². The first-order valence-electron chi connectivity index (χ1n) is 31.3. The molecular weight excluding hydrogens is 1050 g/mol. The second-order valence-electron chi connectivity index (χ2n) is 28.5. The molecule has 2 aliphatic rings. The Labute approximate surface area is 516 Å². The van der Waals surface area contributed by atoms with Gasteiger partial charge < -0.3 is 9.80 Å². The molecule has 2 aliphatic heterocycles. The second kappa shape index (κ2) is 20.8. The molecule has 0 radical (unpaired) electrons. The molecule has 0 saturated heterocycles. The Morgan fingerprint density at radius 1 is 0.241 bits per heavy atom. The van der Waals surface area contributed by atoms with Gasteiger partial charge in [0.15, 0.2) is 0 Å². The van der Waals surface area contributed by atoms with Crippen molar-refractivity contribution in [1.29, 1.82) is 0 Å². The van der Waals surface area contributed by atoms with Gasteiger partial charge >= 0.3 is 0 Å². The highest BCUT2D eigenvalue weighted by atomic mass is 15.2. The van der Waals surface area contributed by atoms with E-state index in [0.29, 0.717) is 0 Å². The number of anilines is 6. The maximum absolute atomic E-state index is 2.64. The fraction of sp³-hybridized carbons (Fsp3) is 0.190. The van der Waals surface area contributed by atoms with Gasteiger partial charge in [-0.05, 0) is 163 Å². The van der Waals surface area contributed by atoms with Gasteiger partial charge in [-0.15, -0.1) is 0 Å². The van der Waals surface area contributed by atoms with Gasteiger partial charge in [0.1, 0.15) is 0 Å². The summed E-state index contributed by atoms with van der Waals surface area (Å²) in [5.74, 6) is 0. The largest absolute Gasteiger partial charge is 0.311 e. The van der Waals surface area contributed by atoms with Crippen LogP contribution in [0.3, 0.4) is 0 Å². The summed E-state index contributed by atoms with van der Waals surface area (Å²) in [7, 11) is 0. The van der Waals surface area contributed by atoms with Crippen LogP contribution in [0.15, 0.2) is 249 Å². The van der Waals surface area contributed by atoms with E-state index >= 15 is 0 Å². The normalized spacial score (nSPS) is 13.2. The highest BCUT2D eigenvalue weighted by molar-refractivity contribution is 7.00. The van der Waals surface area contributed by atoms with Crippen molar-refractivity contribution >= 4 is 78.8 Å². The third-order valence-electron chi connectivity index (χ3n) is 18.6. The van der Waals surface area contributed by atoms with Crippen molar-refractivity contribution in [3.8, 4) is 55.6 Å². The SMILES string of the molecule is CC(C)(C)c1cc(-c2ccccc2N2c3ccccc3B3c4ccccc4N(c4ccccc4-c4cc(C(C)(C)C)cc(C(C)(C)C)c4)c4cc(-c5c6ccccc6c(-c6ccccc6-c6ccccc6)c6ccccc56)cc2c43)cc(C(C)(C)C)c1. The van der Waals surface area contributed by atoms with Gasteiger partial charge in [0.2, 0.25) is 0 Å². The molecule has 2 nitrogen and oxygen atoms in total. The van der Waals surface area contributed by atoms with Gasteiger partial charge in [-0.25, -0.2) is 0 Å². The number of benzene rings is 12. The Morgan fingerprint density at radius 2 is 0.563 bits per heavy atom. The molecule has 14 rings (SSSR count). The van der Waals surface area contributed by atoms with E-state index < -0.39 is 0 Å². The summed E-state index contributed by atoms with van der Waals surface area (Å²) in [5, 5.41) is 4.87. The molecule has 0 unspecified atom stereocenters. The first-order valence-corrected chi connectivity index (χ1v) is 31.3. The van der Waals surface area contributed by atoms with Gasteiger partial charge in [-0.1, -0.05) is 295 Å². The van der Waals surface area contributed by atoms with Gasteiger partial charge in [-0.3, -0.25) is 0 Å². The minimum absolute atomic E-state index is 0.0659. The third kappa shape index (κ3) is 9.59. The van der Waals surface area contributed by atoms with Crippen molar-refractivity contribution in [2.75, 3.05) is 9.80 Å². The lowest BCUT2D eigenvalue weighted by Crippen LogP contribution is -2.61. The van der Waals surface area contributed by atoms with E-state index in [1.165, 1.54) is 133 Å². The van der Waals surface area contributed by atoms with Crippen LogP contribution in [0.4, 0.5) is 34.1 Å². The highest BCUT2D eigenvalue weighted by Crippen LogP contribution is 2.53. The summed E-state index contributed by atoms with van der Waals surface area (Å²) >= 11 is 0. The number of rotatable bonds is 7. The molecule has 87 heavy (non-hydrogen) atoms. The van der Waals surface area contributed by atoms with Crippen molar-refractivity contribution in [2.45, 2.75) is 105 Å². The van der Waals surface area contributed by atoms with E-state index in [9.17, 15) is 0 Å². The van der Waals surface area contributed by atoms with Crippen molar-refractivity contribution in [3.63, 3.8) is 0 Å². The van der Waals surface area contributed by atoms with E-state index in [1.807, 2.05) is 0 Å². The molecule has 0 aromatic heterocycles. The minimum atomic E-state index is -0.0675. The topological polar surface area (TPSA) is 6.48 Å². The molecule has 2 heterocycles. The average molecular weight is 1130 g/mol. The molecule has 3 heteroatoms. The number of nitrogens with zero attached hydrogens (tertiary/aromatic N) is 2. The van der Waals surface area contributed by atoms with Crippen LogP contribution in [0, 0.1) is 0 Å².